The van der Waals surface area contributed by atoms with Crippen LogP contribution >= 0.6 is 11.8 Å². The zero-order chi connectivity index (χ0) is 21.3. The number of para-hydroxylation sites is 1. The topological polar surface area (TPSA) is 105 Å². The number of amides is 1. The van der Waals surface area contributed by atoms with Crippen LogP contribution in [-0.4, -0.2) is 37.4 Å². The monoisotopic (exact) mass is 418 g/mol. The summed E-state index contributed by atoms with van der Waals surface area (Å²) in [6, 6.07) is 15.0. The summed E-state index contributed by atoms with van der Waals surface area (Å²) in [6.45, 7) is 3.87. The maximum Gasteiger partial charge on any atom is 0.267 e. The van der Waals surface area contributed by atoms with Gasteiger partial charge in [0.25, 0.3) is 5.56 Å². The zero-order valence-electron chi connectivity index (χ0n) is 16.4. The number of carbonyl (C=O) groups excluding carboxylic acids is 1. The highest BCUT2D eigenvalue weighted by Gasteiger charge is 2.19. The summed E-state index contributed by atoms with van der Waals surface area (Å²) >= 11 is 1.20. The number of nitrogens with one attached hydrogen (secondary N) is 1. The first kappa shape index (κ1) is 19.7. The predicted molar refractivity (Wildman–Crippen MR) is 115 cm³/mol. The Balaban J connectivity index is 1.93. The molecule has 4 aromatic rings. The highest BCUT2D eigenvalue weighted by Crippen LogP contribution is 2.24. The van der Waals surface area contributed by atoms with Crippen LogP contribution in [0, 0.1) is 25.2 Å². The average Bonchev–Trinajstić information content (AvgIpc) is 3.17. The van der Waals surface area contributed by atoms with E-state index in [1.54, 1.807) is 15.0 Å². The summed E-state index contributed by atoms with van der Waals surface area (Å²) in [5.74, 6) is 0.192. The third kappa shape index (κ3) is 3.42. The van der Waals surface area contributed by atoms with Gasteiger partial charge in [-0.1, -0.05) is 36.0 Å². The average molecular weight is 418 g/mol. The van der Waals surface area contributed by atoms with E-state index in [-0.39, 0.29) is 23.8 Å². The van der Waals surface area contributed by atoms with Crippen LogP contribution in [0.4, 0.5) is 0 Å². The molecule has 0 atom stereocenters. The van der Waals surface area contributed by atoms with Crippen molar-refractivity contribution in [3.8, 4) is 11.8 Å². The Kier molecular flexibility index (Phi) is 5.25. The molecule has 0 aliphatic heterocycles. The largest absolute Gasteiger partial charge is 0.342 e. The number of aryl methyl sites for hydroxylation is 2. The minimum Gasteiger partial charge on any atom is -0.342 e. The third-order valence-corrected chi connectivity index (χ3v) is 5.63. The summed E-state index contributed by atoms with van der Waals surface area (Å²) in [6.07, 6.45) is 0. The lowest BCUT2D eigenvalue weighted by atomic mass is 10.1. The first-order valence-corrected chi connectivity index (χ1v) is 10.2. The van der Waals surface area contributed by atoms with Gasteiger partial charge in [0.15, 0.2) is 5.16 Å². The fourth-order valence-electron chi connectivity index (χ4n) is 3.27. The molecule has 1 N–H and O–H groups in total. The number of hydrogen-bond donors (Lipinski definition) is 1. The molecule has 0 aliphatic rings. The Labute approximate surface area is 176 Å². The molecule has 2 heterocycles. The number of nitriles is 1. The maximum absolute atomic E-state index is 13.4. The SMILES string of the molecule is Cc1ccc(C)c(-n2c(=O)c3ccccc3n3c(SCC(=O)NCC#N)nnc23)c1. The molecule has 0 saturated carbocycles. The number of aromatic nitrogens is 4. The highest BCUT2D eigenvalue weighted by molar-refractivity contribution is 7.99. The van der Waals surface area contributed by atoms with E-state index >= 15 is 0 Å². The quantitative estimate of drug-likeness (QED) is 0.394. The van der Waals surface area contributed by atoms with Crippen molar-refractivity contribution >= 4 is 34.3 Å². The fourth-order valence-corrected chi connectivity index (χ4v) is 4.04. The standard InChI is InChI=1S/C21H18N6O2S/c1-13-7-8-14(2)17(11-13)26-19(29)15-5-3-4-6-16(15)27-20(26)24-25-21(27)30-12-18(28)23-10-9-22/h3-8,11H,10,12H2,1-2H3,(H,23,28). The summed E-state index contributed by atoms with van der Waals surface area (Å²) < 4.78 is 3.36. The molecule has 2 aromatic carbocycles. The van der Waals surface area contributed by atoms with Gasteiger partial charge in [-0.15, -0.1) is 10.2 Å². The lowest BCUT2D eigenvalue weighted by Gasteiger charge is -2.14. The number of benzene rings is 2. The summed E-state index contributed by atoms with van der Waals surface area (Å²) in [7, 11) is 0. The number of carbonyl (C=O) groups is 1. The van der Waals surface area contributed by atoms with Crippen LogP contribution in [0.2, 0.25) is 0 Å². The van der Waals surface area contributed by atoms with Crippen molar-refractivity contribution in [3.05, 3.63) is 63.9 Å². The summed E-state index contributed by atoms with van der Waals surface area (Å²) in [5, 5.41) is 20.7. The number of thioether (sulfide) groups is 1. The van der Waals surface area contributed by atoms with Gasteiger partial charge in [0.05, 0.1) is 28.4 Å². The van der Waals surface area contributed by atoms with E-state index in [4.69, 9.17) is 5.26 Å². The molecular formula is C21H18N6O2S. The van der Waals surface area contributed by atoms with Gasteiger partial charge in [0.2, 0.25) is 11.7 Å². The van der Waals surface area contributed by atoms with Gasteiger partial charge in [-0.05, 0) is 43.2 Å². The lowest BCUT2D eigenvalue weighted by molar-refractivity contribution is -0.118. The number of nitrogens with zero attached hydrogens (tertiary/aromatic N) is 5. The first-order chi connectivity index (χ1) is 14.5. The van der Waals surface area contributed by atoms with Crippen LogP contribution in [-0.2, 0) is 4.79 Å². The van der Waals surface area contributed by atoms with E-state index < -0.39 is 0 Å². The van der Waals surface area contributed by atoms with Crippen molar-refractivity contribution < 1.29 is 4.79 Å². The number of hydrogen-bond acceptors (Lipinski definition) is 6. The zero-order valence-corrected chi connectivity index (χ0v) is 17.2. The Morgan fingerprint density at radius 2 is 2.00 bits per heavy atom. The maximum atomic E-state index is 13.4. The van der Waals surface area contributed by atoms with Crippen molar-refractivity contribution in [2.45, 2.75) is 19.0 Å². The molecule has 0 fully saturated rings. The van der Waals surface area contributed by atoms with Crippen molar-refractivity contribution in [2.24, 2.45) is 0 Å². The van der Waals surface area contributed by atoms with Gasteiger partial charge in [-0.25, -0.2) is 4.57 Å². The molecule has 1 amide bonds. The van der Waals surface area contributed by atoms with Gasteiger partial charge in [-0.2, -0.15) is 5.26 Å². The van der Waals surface area contributed by atoms with E-state index in [0.717, 1.165) is 16.8 Å². The van der Waals surface area contributed by atoms with Gasteiger partial charge < -0.3 is 5.32 Å². The fraction of sp³-hybridized carbons (Fsp3) is 0.190. The second-order valence-corrected chi connectivity index (χ2v) is 7.73. The van der Waals surface area contributed by atoms with E-state index in [0.29, 0.717) is 21.8 Å². The first-order valence-electron chi connectivity index (χ1n) is 9.24. The van der Waals surface area contributed by atoms with E-state index in [1.807, 2.05) is 56.3 Å². The van der Waals surface area contributed by atoms with E-state index in [2.05, 4.69) is 15.5 Å². The Bertz CT molecular complexity index is 1380. The molecule has 0 radical (unpaired) electrons. The van der Waals surface area contributed by atoms with Crippen LogP contribution in [0.25, 0.3) is 22.4 Å². The molecule has 0 aliphatic carbocycles. The van der Waals surface area contributed by atoms with Gasteiger partial charge in [-0.3, -0.25) is 14.0 Å². The van der Waals surface area contributed by atoms with Crippen LogP contribution < -0.4 is 10.9 Å². The number of fused-ring (bicyclic) bond motifs is 3. The van der Waals surface area contributed by atoms with Crippen molar-refractivity contribution in [1.82, 2.24) is 24.5 Å². The molecule has 30 heavy (non-hydrogen) atoms. The second-order valence-electron chi connectivity index (χ2n) is 6.79. The van der Waals surface area contributed by atoms with E-state index in [9.17, 15) is 9.59 Å². The third-order valence-electron chi connectivity index (χ3n) is 4.70. The van der Waals surface area contributed by atoms with Gasteiger partial charge in [0.1, 0.15) is 6.54 Å². The minimum absolute atomic E-state index is 0.0465. The lowest BCUT2D eigenvalue weighted by Crippen LogP contribution is -2.25. The molecule has 0 unspecified atom stereocenters. The molecule has 0 spiro atoms. The van der Waals surface area contributed by atoms with Crippen LogP contribution in [0.3, 0.4) is 0 Å². The van der Waals surface area contributed by atoms with Crippen LogP contribution in [0.15, 0.2) is 52.4 Å². The van der Waals surface area contributed by atoms with Crippen LogP contribution in [0.5, 0.6) is 0 Å². The van der Waals surface area contributed by atoms with Gasteiger partial charge in [0, 0.05) is 0 Å². The summed E-state index contributed by atoms with van der Waals surface area (Å²) in [4.78, 5) is 25.3. The molecule has 2 aromatic heterocycles. The number of rotatable bonds is 5. The molecule has 8 nitrogen and oxygen atoms in total. The molecule has 4 rings (SSSR count). The summed E-state index contributed by atoms with van der Waals surface area (Å²) in [5.41, 5.74) is 3.20. The molecular weight excluding hydrogens is 400 g/mol. The Hall–Kier alpha value is -3.64. The van der Waals surface area contributed by atoms with Crippen LogP contribution in [0.1, 0.15) is 11.1 Å². The normalized spacial score (nSPS) is 11.0. The highest BCUT2D eigenvalue weighted by atomic mass is 32.2. The van der Waals surface area contributed by atoms with Crippen molar-refractivity contribution in [2.75, 3.05) is 12.3 Å². The Morgan fingerprint density at radius 1 is 1.20 bits per heavy atom. The van der Waals surface area contributed by atoms with Crippen molar-refractivity contribution in [1.29, 1.82) is 5.26 Å². The molecule has 0 bridgehead atoms. The van der Waals surface area contributed by atoms with Gasteiger partial charge >= 0.3 is 0 Å². The van der Waals surface area contributed by atoms with E-state index in [1.165, 1.54) is 11.8 Å². The Morgan fingerprint density at radius 3 is 2.80 bits per heavy atom. The molecule has 9 heteroatoms. The molecule has 150 valence electrons. The minimum atomic E-state index is -0.273. The second kappa shape index (κ2) is 8.00. The molecule has 0 saturated heterocycles. The smallest absolute Gasteiger partial charge is 0.267 e. The van der Waals surface area contributed by atoms with Crippen molar-refractivity contribution in [3.63, 3.8) is 0 Å². The predicted octanol–water partition coefficient (Wildman–Crippen LogP) is 2.38.